The van der Waals surface area contributed by atoms with Crippen molar-refractivity contribution < 1.29 is 13.9 Å². The van der Waals surface area contributed by atoms with E-state index < -0.39 is 6.17 Å². The van der Waals surface area contributed by atoms with E-state index in [0.29, 0.717) is 49.6 Å². The van der Waals surface area contributed by atoms with Gasteiger partial charge in [-0.2, -0.15) is 4.98 Å². The van der Waals surface area contributed by atoms with Crippen molar-refractivity contribution in [1.82, 2.24) is 29.7 Å². The number of piperidine rings is 1. The van der Waals surface area contributed by atoms with Gasteiger partial charge >= 0.3 is 0 Å². The Morgan fingerprint density at radius 3 is 2.70 bits per heavy atom. The van der Waals surface area contributed by atoms with Crippen LogP contribution in [0.25, 0.3) is 10.8 Å². The van der Waals surface area contributed by atoms with Gasteiger partial charge in [-0.25, -0.2) is 14.4 Å². The van der Waals surface area contributed by atoms with Crippen molar-refractivity contribution in [1.29, 1.82) is 0 Å². The number of nitrogens with one attached hydrogen (secondary N) is 1. The highest BCUT2D eigenvalue weighted by Gasteiger charge is 2.30. The summed E-state index contributed by atoms with van der Waals surface area (Å²) in [4.78, 5) is 15.4. The maximum Gasteiger partial charge on any atom is 0.227 e. The zero-order chi connectivity index (χ0) is 25.8. The summed E-state index contributed by atoms with van der Waals surface area (Å²) in [6.07, 6.45) is 5.95. The first-order valence-corrected chi connectivity index (χ1v) is 12.4. The Balaban J connectivity index is 1.35. The highest BCUT2D eigenvalue weighted by molar-refractivity contribution is 5.92. The highest BCUT2D eigenvalue weighted by atomic mass is 19.1. The van der Waals surface area contributed by atoms with Crippen molar-refractivity contribution in [2.24, 2.45) is 0 Å². The van der Waals surface area contributed by atoms with Crippen LogP contribution in [0.2, 0.25) is 0 Å². The zero-order valence-corrected chi connectivity index (χ0v) is 21.2. The molecule has 194 valence electrons. The topological polar surface area (TPSA) is 103 Å². The van der Waals surface area contributed by atoms with Gasteiger partial charge in [0, 0.05) is 31.4 Å². The monoisotopic (exact) mass is 506 g/mol. The number of aromatic nitrogens is 6. The number of alkyl halides is 1. The number of methoxy groups -OCH3 is 1. The minimum absolute atomic E-state index is 0.202. The Labute approximate surface area is 214 Å². The third kappa shape index (κ3) is 5.61. The molecule has 0 spiro atoms. The summed E-state index contributed by atoms with van der Waals surface area (Å²) < 4.78 is 27.6. The van der Waals surface area contributed by atoms with E-state index in [-0.39, 0.29) is 12.6 Å². The van der Waals surface area contributed by atoms with Crippen LogP contribution in [0.15, 0.2) is 49.3 Å². The fourth-order valence-corrected chi connectivity index (χ4v) is 4.56. The zero-order valence-electron chi connectivity index (χ0n) is 21.2. The number of halogens is 1. The van der Waals surface area contributed by atoms with Crippen molar-refractivity contribution in [2.45, 2.75) is 45.0 Å². The van der Waals surface area contributed by atoms with Crippen LogP contribution in [0.1, 0.15) is 31.7 Å². The Kier molecular flexibility index (Phi) is 7.40. The Morgan fingerprint density at radius 2 is 1.95 bits per heavy atom. The summed E-state index contributed by atoms with van der Waals surface area (Å²) in [5.41, 5.74) is 1.20. The number of hydrogen-bond donors (Lipinski definition) is 1. The number of benzene rings is 1. The fourth-order valence-electron chi connectivity index (χ4n) is 4.56. The van der Waals surface area contributed by atoms with E-state index >= 15 is 0 Å². The lowest BCUT2D eigenvalue weighted by atomic mass is 9.96. The van der Waals surface area contributed by atoms with E-state index in [4.69, 9.17) is 9.47 Å². The quantitative estimate of drug-likeness (QED) is 0.359. The second-order valence-electron chi connectivity index (χ2n) is 9.36. The summed E-state index contributed by atoms with van der Waals surface area (Å²) >= 11 is 0. The number of nitrogens with zero attached hydrogens (tertiary/aromatic N) is 7. The number of anilines is 3. The van der Waals surface area contributed by atoms with Gasteiger partial charge in [0.05, 0.1) is 19.2 Å². The minimum Gasteiger partial charge on any atom is -0.491 e. The second kappa shape index (κ2) is 11.0. The average molecular weight is 507 g/mol. The summed E-state index contributed by atoms with van der Waals surface area (Å²) in [7, 11) is 1.55. The number of pyridine rings is 1. The van der Waals surface area contributed by atoms with E-state index in [1.54, 1.807) is 32.0 Å². The molecule has 1 N–H and O–H groups in total. The maximum absolute atomic E-state index is 14.4. The molecule has 0 radical (unpaired) electrons. The molecule has 1 aliphatic heterocycles. The average Bonchev–Trinajstić information content (AvgIpc) is 3.42. The first-order valence-electron chi connectivity index (χ1n) is 12.4. The van der Waals surface area contributed by atoms with Crippen LogP contribution in [-0.4, -0.2) is 68.8 Å². The molecule has 0 bridgehead atoms. The number of fused-ring (bicyclic) bond motifs is 1. The van der Waals surface area contributed by atoms with Crippen molar-refractivity contribution in [3.63, 3.8) is 0 Å². The van der Waals surface area contributed by atoms with Crippen LogP contribution < -0.4 is 15.0 Å². The van der Waals surface area contributed by atoms with Gasteiger partial charge in [-0.05, 0) is 41.5 Å². The predicted octanol–water partition coefficient (Wildman–Crippen LogP) is 4.13. The lowest BCUT2D eigenvalue weighted by molar-refractivity contribution is 0.0194. The van der Waals surface area contributed by atoms with E-state index in [2.05, 4.69) is 50.4 Å². The largest absolute Gasteiger partial charge is 0.491 e. The van der Waals surface area contributed by atoms with Gasteiger partial charge in [0.1, 0.15) is 42.8 Å². The van der Waals surface area contributed by atoms with E-state index in [9.17, 15) is 4.39 Å². The van der Waals surface area contributed by atoms with Gasteiger partial charge in [0.15, 0.2) is 0 Å². The molecule has 2 atom stereocenters. The number of ether oxygens (including phenoxy) is 2. The molecule has 0 saturated carbocycles. The van der Waals surface area contributed by atoms with Crippen LogP contribution in [0.3, 0.4) is 0 Å². The fraction of sp³-hybridized carbons (Fsp3) is 0.423. The summed E-state index contributed by atoms with van der Waals surface area (Å²) in [6, 6.07) is 7.89. The Morgan fingerprint density at radius 1 is 1.11 bits per heavy atom. The van der Waals surface area contributed by atoms with Crippen LogP contribution >= 0.6 is 0 Å². The molecule has 1 aliphatic rings. The van der Waals surface area contributed by atoms with E-state index in [1.165, 1.54) is 5.56 Å². The van der Waals surface area contributed by atoms with Gasteiger partial charge in [-0.1, -0.05) is 19.9 Å². The van der Waals surface area contributed by atoms with Gasteiger partial charge in [0.25, 0.3) is 0 Å². The van der Waals surface area contributed by atoms with Gasteiger partial charge in [0.2, 0.25) is 5.95 Å². The standard InChI is InChI=1S/C26H31FN8O2/c1-17(2)18-4-5-22(37-11-10-34-15-30-31-16-34)20-13-29-25(12-19(18)20)32-24-6-8-28-26(33-24)35-9-7-23(36-3)21(27)14-35/h4-6,8,12-13,15-17,21,23H,7,9-11,14H2,1-3H3,(H,28,29,32,33). The first-order chi connectivity index (χ1) is 18.0. The molecule has 3 aromatic heterocycles. The van der Waals surface area contributed by atoms with Gasteiger partial charge < -0.3 is 24.3 Å². The molecule has 37 heavy (non-hydrogen) atoms. The molecule has 4 heterocycles. The van der Waals surface area contributed by atoms with Crippen molar-refractivity contribution in [2.75, 3.05) is 37.0 Å². The Hall–Kier alpha value is -3.86. The molecule has 1 saturated heterocycles. The highest BCUT2D eigenvalue weighted by Crippen LogP contribution is 2.34. The number of hydrogen-bond acceptors (Lipinski definition) is 9. The molecular weight excluding hydrogens is 475 g/mol. The molecule has 10 nitrogen and oxygen atoms in total. The van der Waals surface area contributed by atoms with E-state index in [0.717, 1.165) is 16.5 Å². The van der Waals surface area contributed by atoms with Crippen molar-refractivity contribution >= 4 is 28.4 Å². The van der Waals surface area contributed by atoms with Gasteiger partial charge in [-0.3, -0.25) is 0 Å². The smallest absolute Gasteiger partial charge is 0.227 e. The molecule has 5 rings (SSSR count). The van der Waals surface area contributed by atoms with Crippen LogP contribution in [0.5, 0.6) is 5.75 Å². The minimum atomic E-state index is -1.08. The normalized spacial score (nSPS) is 17.9. The maximum atomic E-state index is 14.4. The lowest BCUT2D eigenvalue weighted by Crippen LogP contribution is -2.46. The Bertz CT molecular complexity index is 1330. The molecule has 11 heteroatoms. The molecular formula is C26H31FN8O2. The first kappa shape index (κ1) is 24.8. The third-order valence-electron chi connectivity index (χ3n) is 6.56. The summed E-state index contributed by atoms with van der Waals surface area (Å²) in [5, 5.41) is 12.9. The molecule has 0 aliphatic carbocycles. The second-order valence-corrected chi connectivity index (χ2v) is 9.36. The lowest BCUT2D eigenvalue weighted by Gasteiger charge is -2.33. The third-order valence-corrected chi connectivity index (χ3v) is 6.56. The molecule has 2 unspecified atom stereocenters. The predicted molar refractivity (Wildman–Crippen MR) is 139 cm³/mol. The van der Waals surface area contributed by atoms with Crippen molar-refractivity contribution in [3.05, 3.63) is 54.9 Å². The molecule has 4 aromatic rings. The SMILES string of the molecule is COC1CCN(c2nccc(Nc3cc4c(C(C)C)ccc(OCCn5cnnc5)c4cn3)n2)CC1F. The van der Waals surface area contributed by atoms with E-state index in [1.807, 2.05) is 27.8 Å². The van der Waals surface area contributed by atoms with Gasteiger partial charge in [-0.15, -0.1) is 10.2 Å². The molecule has 1 aromatic carbocycles. The van der Waals surface area contributed by atoms with Crippen LogP contribution in [0, 0.1) is 0 Å². The van der Waals surface area contributed by atoms with Crippen LogP contribution in [0.4, 0.5) is 22.0 Å². The molecule has 0 amide bonds. The molecule has 1 fully saturated rings. The van der Waals surface area contributed by atoms with Crippen LogP contribution in [-0.2, 0) is 11.3 Å². The van der Waals surface area contributed by atoms with Crippen molar-refractivity contribution in [3.8, 4) is 5.75 Å². The summed E-state index contributed by atoms with van der Waals surface area (Å²) in [6.45, 7) is 6.30. The summed E-state index contributed by atoms with van der Waals surface area (Å²) in [5.74, 6) is 2.82. The number of rotatable bonds is 9.